The zero-order valence-electron chi connectivity index (χ0n) is 8.68. The van der Waals surface area contributed by atoms with Crippen LogP contribution in [0.3, 0.4) is 0 Å². The molecule has 3 rings (SSSR count). The lowest BCUT2D eigenvalue weighted by molar-refractivity contribution is 0.651. The quantitative estimate of drug-likeness (QED) is 0.756. The number of aromatic nitrogens is 2. The van der Waals surface area contributed by atoms with Gasteiger partial charge < -0.3 is 10.3 Å². The second-order valence-corrected chi connectivity index (χ2v) is 4.45. The van der Waals surface area contributed by atoms with E-state index in [1.54, 1.807) is 0 Å². The van der Waals surface area contributed by atoms with Crippen LogP contribution in [-0.4, -0.2) is 16.0 Å². The number of aromatic amines is 1. The number of fused-ring (bicyclic) bond motifs is 1. The highest BCUT2D eigenvalue weighted by atomic mass is 16.1. The van der Waals surface area contributed by atoms with Gasteiger partial charge in [-0.1, -0.05) is 0 Å². The van der Waals surface area contributed by atoms with Crippen molar-refractivity contribution >= 4 is 0 Å². The number of aryl methyl sites for hydroxylation is 1. The second kappa shape index (κ2) is 3.45. The highest BCUT2D eigenvalue weighted by Gasteiger charge is 2.21. The Morgan fingerprint density at radius 3 is 3.07 bits per heavy atom. The minimum atomic E-state index is 0.0742. The molecular weight excluding hydrogens is 190 g/mol. The van der Waals surface area contributed by atoms with Gasteiger partial charge in [0.05, 0.1) is 12.2 Å². The first kappa shape index (κ1) is 9.09. The Morgan fingerprint density at radius 2 is 2.27 bits per heavy atom. The van der Waals surface area contributed by atoms with E-state index in [1.165, 1.54) is 12.8 Å². The molecule has 0 radical (unpaired) electrons. The van der Waals surface area contributed by atoms with Crippen molar-refractivity contribution in [3.8, 4) is 0 Å². The first-order chi connectivity index (χ1) is 7.33. The fourth-order valence-corrected chi connectivity index (χ4v) is 2.11. The molecule has 2 aliphatic carbocycles. The summed E-state index contributed by atoms with van der Waals surface area (Å²) in [7, 11) is 0. The van der Waals surface area contributed by atoms with Crippen LogP contribution in [0.2, 0.25) is 0 Å². The normalized spacial score (nSPS) is 19.2. The highest BCUT2D eigenvalue weighted by Crippen LogP contribution is 2.19. The Balaban J connectivity index is 1.82. The van der Waals surface area contributed by atoms with Crippen molar-refractivity contribution in [3.63, 3.8) is 0 Å². The molecule has 0 saturated heterocycles. The van der Waals surface area contributed by atoms with Gasteiger partial charge in [-0.05, 0) is 32.1 Å². The minimum Gasteiger partial charge on any atom is -0.309 e. The summed E-state index contributed by atoms with van der Waals surface area (Å²) in [6.45, 7) is 0.702. The van der Waals surface area contributed by atoms with Crippen LogP contribution in [0.1, 0.15) is 36.3 Å². The highest BCUT2D eigenvalue weighted by molar-refractivity contribution is 5.22. The Hall–Kier alpha value is -1.16. The molecule has 1 aromatic rings. The molecule has 1 aromatic heterocycles. The van der Waals surface area contributed by atoms with Crippen molar-refractivity contribution in [2.45, 2.75) is 44.7 Å². The molecule has 1 fully saturated rings. The fraction of sp³-hybridized carbons (Fsp3) is 0.636. The van der Waals surface area contributed by atoms with Crippen molar-refractivity contribution in [2.75, 3.05) is 0 Å². The van der Waals surface area contributed by atoms with Gasteiger partial charge in [0.1, 0.15) is 5.82 Å². The summed E-state index contributed by atoms with van der Waals surface area (Å²) < 4.78 is 0. The van der Waals surface area contributed by atoms with Gasteiger partial charge in [0.25, 0.3) is 5.56 Å². The molecule has 0 amide bonds. The summed E-state index contributed by atoms with van der Waals surface area (Å²) in [6, 6.07) is 0.656. The average molecular weight is 205 g/mol. The lowest BCUT2D eigenvalue weighted by Crippen LogP contribution is -2.23. The van der Waals surface area contributed by atoms with Crippen molar-refractivity contribution in [1.29, 1.82) is 0 Å². The Labute approximate surface area is 88.1 Å². The number of hydrogen-bond donors (Lipinski definition) is 2. The van der Waals surface area contributed by atoms with Gasteiger partial charge in [0, 0.05) is 11.6 Å². The van der Waals surface area contributed by atoms with Crippen LogP contribution < -0.4 is 10.9 Å². The summed E-state index contributed by atoms with van der Waals surface area (Å²) in [5.41, 5.74) is 2.00. The average Bonchev–Trinajstić information content (AvgIpc) is 2.93. The van der Waals surface area contributed by atoms with E-state index in [4.69, 9.17) is 0 Å². The van der Waals surface area contributed by atoms with Gasteiger partial charge in [-0.15, -0.1) is 0 Å². The summed E-state index contributed by atoms with van der Waals surface area (Å²) in [4.78, 5) is 19.0. The summed E-state index contributed by atoms with van der Waals surface area (Å²) in [5.74, 6) is 0.799. The Morgan fingerprint density at radius 1 is 1.40 bits per heavy atom. The molecular formula is C11H15N3O. The van der Waals surface area contributed by atoms with E-state index in [2.05, 4.69) is 15.3 Å². The van der Waals surface area contributed by atoms with E-state index in [1.807, 2.05) is 0 Å². The van der Waals surface area contributed by atoms with E-state index in [-0.39, 0.29) is 5.56 Å². The van der Waals surface area contributed by atoms with Crippen LogP contribution >= 0.6 is 0 Å². The maximum absolute atomic E-state index is 11.7. The van der Waals surface area contributed by atoms with Gasteiger partial charge in [-0.3, -0.25) is 4.79 Å². The molecule has 1 saturated carbocycles. The Kier molecular flexibility index (Phi) is 2.09. The molecule has 80 valence electrons. The molecule has 0 atom stereocenters. The molecule has 0 bridgehead atoms. The van der Waals surface area contributed by atoms with Gasteiger partial charge in [-0.25, -0.2) is 4.98 Å². The molecule has 0 spiro atoms. The van der Waals surface area contributed by atoms with Crippen molar-refractivity contribution in [2.24, 2.45) is 0 Å². The first-order valence-corrected chi connectivity index (χ1v) is 5.67. The van der Waals surface area contributed by atoms with Crippen LogP contribution in [0.25, 0.3) is 0 Å². The standard InChI is InChI=1S/C11H15N3O/c15-11-8-2-1-3-9(8)13-10(14-11)6-12-7-4-5-7/h7,12H,1-6H2,(H,13,14,15). The van der Waals surface area contributed by atoms with E-state index in [9.17, 15) is 4.79 Å². The molecule has 1 heterocycles. The van der Waals surface area contributed by atoms with Crippen molar-refractivity contribution in [1.82, 2.24) is 15.3 Å². The largest absolute Gasteiger partial charge is 0.309 e. The molecule has 4 heteroatoms. The third-order valence-corrected chi connectivity index (χ3v) is 3.13. The van der Waals surface area contributed by atoms with E-state index < -0.39 is 0 Å². The van der Waals surface area contributed by atoms with Gasteiger partial charge in [0.2, 0.25) is 0 Å². The van der Waals surface area contributed by atoms with Crippen LogP contribution in [0.4, 0.5) is 0 Å². The molecule has 2 N–H and O–H groups in total. The maximum atomic E-state index is 11.7. The number of H-pyrrole nitrogens is 1. The topological polar surface area (TPSA) is 57.8 Å². The third-order valence-electron chi connectivity index (χ3n) is 3.13. The van der Waals surface area contributed by atoms with E-state index in [0.29, 0.717) is 12.6 Å². The van der Waals surface area contributed by atoms with Crippen LogP contribution in [0.5, 0.6) is 0 Å². The van der Waals surface area contributed by atoms with Gasteiger partial charge in [-0.2, -0.15) is 0 Å². The second-order valence-electron chi connectivity index (χ2n) is 4.45. The third kappa shape index (κ3) is 1.81. The molecule has 0 unspecified atom stereocenters. The molecule has 0 aliphatic heterocycles. The summed E-state index contributed by atoms with van der Waals surface area (Å²) in [5, 5.41) is 3.36. The lowest BCUT2D eigenvalue weighted by Gasteiger charge is -2.04. The molecule has 2 aliphatic rings. The number of nitrogens with zero attached hydrogens (tertiary/aromatic N) is 1. The van der Waals surface area contributed by atoms with E-state index >= 15 is 0 Å². The fourth-order valence-electron chi connectivity index (χ4n) is 2.11. The van der Waals surface area contributed by atoms with Crippen molar-refractivity contribution < 1.29 is 0 Å². The molecule has 4 nitrogen and oxygen atoms in total. The van der Waals surface area contributed by atoms with Crippen LogP contribution in [0, 0.1) is 0 Å². The lowest BCUT2D eigenvalue weighted by atomic mass is 10.2. The van der Waals surface area contributed by atoms with Crippen LogP contribution in [-0.2, 0) is 19.4 Å². The number of nitrogens with one attached hydrogen (secondary N) is 2. The minimum absolute atomic E-state index is 0.0742. The summed E-state index contributed by atoms with van der Waals surface area (Å²) >= 11 is 0. The van der Waals surface area contributed by atoms with Gasteiger partial charge >= 0.3 is 0 Å². The number of hydrogen-bond acceptors (Lipinski definition) is 3. The monoisotopic (exact) mass is 205 g/mol. The van der Waals surface area contributed by atoms with Gasteiger partial charge in [0.15, 0.2) is 0 Å². The zero-order valence-corrected chi connectivity index (χ0v) is 8.68. The summed E-state index contributed by atoms with van der Waals surface area (Å²) in [6.07, 6.45) is 5.46. The predicted octanol–water partition coefficient (Wildman–Crippen LogP) is 0.511. The zero-order chi connectivity index (χ0) is 10.3. The SMILES string of the molecule is O=c1[nH]c(CNC2CC2)nc2c1CCC2. The molecule has 0 aromatic carbocycles. The maximum Gasteiger partial charge on any atom is 0.254 e. The van der Waals surface area contributed by atoms with Crippen molar-refractivity contribution in [3.05, 3.63) is 27.4 Å². The molecule has 15 heavy (non-hydrogen) atoms. The van der Waals surface area contributed by atoms with Crippen LogP contribution in [0.15, 0.2) is 4.79 Å². The smallest absolute Gasteiger partial charge is 0.254 e. The van der Waals surface area contributed by atoms with E-state index in [0.717, 1.165) is 36.3 Å². The predicted molar refractivity (Wildman–Crippen MR) is 56.7 cm³/mol. The Bertz CT molecular complexity index is 434. The number of rotatable bonds is 3. The first-order valence-electron chi connectivity index (χ1n) is 5.67.